The molecule has 4 heteroatoms. The average molecular weight is 285 g/mol. The van der Waals surface area contributed by atoms with Crippen molar-refractivity contribution in [1.82, 2.24) is 0 Å². The van der Waals surface area contributed by atoms with E-state index in [-0.39, 0.29) is 5.91 Å². The Balaban J connectivity index is 2.09. The van der Waals surface area contributed by atoms with Crippen LogP contribution in [0, 0.1) is 12.7 Å². The van der Waals surface area contributed by atoms with Crippen molar-refractivity contribution < 1.29 is 14.3 Å². The maximum absolute atomic E-state index is 13.8. The molecule has 0 saturated carbocycles. The normalized spacial score (nSPS) is 15.3. The SMILES string of the molecule is Cc1cccc(C(O)c2cc(F)cc3c2NC(=O)CC3)c1. The number of aryl methyl sites for hydroxylation is 2. The summed E-state index contributed by atoms with van der Waals surface area (Å²) >= 11 is 0. The molecule has 1 amide bonds. The Kier molecular flexibility index (Phi) is 3.47. The van der Waals surface area contributed by atoms with E-state index in [4.69, 9.17) is 0 Å². The lowest BCUT2D eigenvalue weighted by Gasteiger charge is -2.23. The number of hydrogen-bond acceptors (Lipinski definition) is 2. The molecule has 0 aliphatic carbocycles. The number of aliphatic hydroxyl groups excluding tert-OH is 1. The van der Waals surface area contributed by atoms with E-state index in [2.05, 4.69) is 5.32 Å². The highest BCUT2D eigenvalue weighted by Crippen LogP contribution is 2.34. The number of benzene rings is 2. The number of fused-ring (bicyclic) bond motifs is 1. The van der Waals surface area contributed by atoms with Crippen molar-refractivity contribution in [3.8, 4) is 0 Å². The van der Waals surface area contributed by atoms with Crippen LogP contribution in [0.2, 0.25) is 0 Å². The number of hydrogen-bond donors (Lipinski definition) is 2. The number of carbonyl (C=O) groups excluding carboxylic acids is 1. The van der Waals surface area contributed by atoms with Crippen LogP contribution in [0.5, 0.6) is 0 Å². The van der Waals surface area contributed by atoms with E-state index >= 15 is 0 Å². The molecule has 0 bridgehead atoms. The molecule has 3 nitrogen and oxygen atoms in total. The van der Waals surface area contributed by atoms with Gasteiger partial charge in [-0.2, -0.15) is 0 Å². The number of nitrogens with one attached hydrogen (secondary N) is 1. The van der Waals surface area contributed by atoms with Crippen LogP contribution in [0.25, 0.3) is 0 Å². The lowest BCUT2D eigenvalue weighted by molar-refractivity contribution is -0.116. The maximum atomic E-state index is 13.8. The minimum atomic E-state index is -0.965. The van der Waals surface area contributed by atoms with Gasteiger partial charge in [-0.25, -0.2) is 4.39 Å². The molecule has 1 aliphatic heterocycles. The van der Waals surface area contributed by atoms with Gasteiger partial charge in [-0.3, -0.25) is 4.79 Å². The molecule has 2 N–H and O–H groups in total. The van der Waals surface area contributed by atoms with Crippen molar-refractivity contribution in [1.29, 1.82) is 0 Å². The summed E-state index contributed by atoms with van der Waals surface area (Å²) in [6, 6.07) is 10.1. The van der Waals surface area contributed by atoms with Crippen molar-refractivity contribution in [3.63, 3.8) is 0 Å². The van der Waals surface area contributed by atoms with E-state index < -0.39 is 11.9 Å². The fourth-order valence-electron chi connectivity index (χ4n) is 2.72. The van der Waals surface area contributed by atoms with Crippen LogP contribution in [0.15, 0.2) is 36.4 Å². The molecule has 0 spiro atoms. The Bertz CT molecular complexity index is 712. The number of anilines is 1. The van der Waals surface area contributed by atoms with Gasteiger partial charge < -0.3 is 10.4 Å². The largest absolute Gasteiger partial charge is 0.384 e. The van der Waals surface area contributed by atoms with Gasteiger partial charge in [-0.05, 0) is 36.6 Å². The van der Waals surface area contributed by atoms with E-state index in [0.717, 1.165) is 11.1 Å². The zero-order valence-electron chi connectivity index (χ0n) is 11.7. The summed E-state index contributed by atoms with van der Waals surface area (Å²) in [6.45, 7) is 1.93. The molecule has 0 aromatic heterocycles. The Morgan fingerprint density at radius 3 is 2.81 bits per heavy atom. The molecule has 2 aromatic carbocycles. The third kappa shape index (κ3) is 2.67. The molecular formula is C17H16FNO2. The molecule has 1 heterocycles. The van der Waals surface area contributed by atoms with E-state index in [1.165, 1.54) is 12.1 Å². The third-order valence-electron chi connectivity index (χ3n) is 3.75. The molecular weight excluding hydrogens is 269 g/mol. The van der Waals surface area contributed by atoms with Crippen LogP contribution in [0.3, 0.4) is 0 Å². The summed E-state index contributed by atoms with van der Waals surface area (Å²) < 4.78 is 13.8. The third-order valence-corrected chi connectivity index (χ3v) is 3.75. The van der Waals surface area contributed by atoms with Crippen LogP contribution >= 0.6 is 0 Å². The van der Waals surface area contributed by atoms with Gasteiger partial charge in [0.05, 0.1) is 5.69 Å². The molecule has 0 radical (unpaired) electrons. The van der Waals surface area contributed by atoms with Crippen molar-refractivity contribution in [2.75, 3.05) is 5.32 Å². The van der Waals surface area contributed by atoms with Gasteiger partial charge in [0.25, 0.3) is 0 Å². The number of amides is 1. The minimum absolute atomic E-state index is 0.105. The highest BCUT2D eigenvalue weighted by atomic mass is 19.1. The zero-order chi connectivity index (χ0) is 15.0. The quantitative estimate of drug-likeness (QED) is 0.890. The molecule has 0 saturated heterocycles. The van der Waals surface area contributed by atoms with Crippen molar-refractivity contribution in [2.24, 2.45) is 0 Å². The second-order valence-corrected chi connectivity index (χ2v) is 5.39. The first-order chi connectivity index (χ1) is 10.0. The van der Waals surface area contributed by atoms with Crippen LogP contribution in [-0.4, -0.2) is 11.0 Å². The van der Waals surface area contributed by atoms with Crippen LogP contribution in [0.1, 0.15) is 34.8 Å². The molecule has 3 rings (SSSR count). The van der Waals surface area contributed by atoms with Gasteiger partial charge in [-0.15, -0.1) is 0 Å². The van der Waals surface area contributed by atoms with E-state index in [1.54, 1.807) is 6.07 Å². The fourth-order valence-corrected chi connectivity index (χ4v) is 2.72. The Hall–Kier alpha value is -2.20. The lowest BCUT2D eigenvalue weighted by atomic mass is 9.92. The molecule has 1 unspecified atom stereocenters. The summed E-state index contributed by atoms with van der Waals surface area (Å²) in [4.78, 5) is 11.6. The Morgan fingerprint density at radius 2 is 2.05 bits per heavy atom. The first-order valence-corrected chi connectivity index (χ1v) is 6.91. The van der Waals surface area contributed by atoms with Crippen molar-refractivity contribution in [3.05, 3.63) is 64.5 Å². The topological polar surface area (TPSA) is 49.3 Å². The standard InChI is InChI=1S/C17H16FNO2/c1-10-3-2-4-12(7-10)17(21)14-9-13(18)8-11-5-6-15(20)19-16(11)14/h2-4,7-9,17,21H,5-6H2,1H3,(H,19,20). The summed E-state index contributed by atoms with van der Waals surface area (Å²) in [6.07, 6.45) is -0.129. The zero-order valence-corrected chi connectivity index (χ0v) is 11.7. The van der Waals surface area contributed by atoms with E-state index in [0.29, 0.717) is 29.7 Å². The number of halogens is 1. The molecule has 21 heavy (non-hydrogen) atoms. The fraction of sp³-hybridized carbons (Fsp3) is 0.235. The average Bonchev–Trinajstić information content (AvgIpc) is 2.46. The second-order valence-electron chi connectivity index (χ2n) is 5.39. The van der Waals surface area contributed by atoms with Gasteiger partial charge in [0.1, 0.15) is 11.9 Å². The summed E-state index contributed by atoms with van der Waals surface area (Å²) in [5.41, 5.74) is 3.38. The Labute approximate surface area is 122 Å². The summed E-state index contributed by atoms with van der Waals surface area (Å²) in [5, 5.41) is 13.3. The lowest BCUT2D eigenvalue weighted by Crippen LogP contribution is -2.21. The van der Waals surface area contributed by atoms with E-state index in [9.17, 15) is 14.3 Å². The predicted octanol–water partition coefficient (Wildman–Crippen LogP) is 3.10. The summed E-state index contributed by atoms with van der Waals surface area (Å²) in [7, 11) is 0. The van der Waals surface area contributed by atoms with Crippen LogP contribution in [-0.2, 0) is 11.2 Å². The van der Waals surface area contributed by atoms with Gasteiger partial charge in [0.2, 0.25) is 5.91 Å². The molecule has 2 aromatic rings. The molecule has 0 fully saturated rings. The molecule has 1 atom stereocenters. The van der Waals surface area contributed by atoms with Gasteiger partial charge in [0, 0.05) is 12.0 Å². The van der Waals surface area contributed by atoms with Crippen molar-refractivity contribution >= 4 is 11.6 Å². The minimum Gasteiger partial charge on any atom is -0.384 e. The number of rotatable bonds is 2. The number of aliphatic hydroxyl groups is 1. The van der Waals surface area contributed by atoms with Crippen molar-refractivity contribution in [2.45, 2.75) is 25.9 Å². The van der Waals surface area contributed by atoms with Crippen LogP contribution < -0.4 is 5.32 Å². The monoisotopic (exact) mass is 285 g/mol. The summed E-state index contributed by atoms with van der Waals surface area (Å²) in [5.74, 6) is -0.501. The van der Waals surface area contributed by atoms with Gasteiger partial charge >= 0.3 is 0 Å². The number of carbonyl (C=O) groups is 1. The maximum Gasteiger partial charge on any atom is 0.224 e. The smallest absolute Gasteiger partial charge is 0.224 e. The van der Waals surface area contributed by atoms with Crippen LogP contribution in [0.4, 0.5) is 10.1 Å². The van der Waals surface area contributed by atoms with E-state index in [1.807, 2.05) is 25.1 Å². The molecule has 108 valence electrons. The highest BCUT2D eigenvalue weighted by Gasteiger charge is 2.23. The molecule has 1 aliphatic rings. The second kappa shape index (κ2) is 5.30. The predicted molar refractivity (Wildman–Crippen MR) is 78.6 cm³/mol. The van der Waals surface area contributed by atoms with Gasteiger partial charge in [0.15, 0.2) is 0 Å². The first kappa shape index (κ1) is 13.8. The van der Waals surface area contributed by atoms with Gasteiger partial charge in [-0.1, -0.05) is 29.8 Å². The highest BCUT2D eigenvalue weighted by molar-refractivity contribution is 5.95. The first-order valence-electron chi connectivity index (χ1n) is 6.91. The Morgan fingerprint density at radius 1 is 1.24 bits per heavy atom.